The second kappa shape index (κ2) is 21.7. The fraction of sp³-hybridized carbons (Fsp3) is 0.458. The van der Waals surface area contributed by atoms with E-state index in [1.165, 1.54) is 6.33 Å². The van der Waals surface area contributed by atoms with E-state index in [4.69, 9.17) is 49.8 Å². The number of hydrogen-bond acceptors (Lipinski definition) is 14. The number of carbonyl (C=O) groups is 1. The van der Waals surface area contributed by atoms with Gasteiger partial charge in [-0.2, -0.15) is 0 Å². The van der Waals surface area contributed by atoms with Crippen molar-refractivity contribution in [1.82, 2.24) is 24.2 Å². The molecule has 1 aliphatic heterocycles. The molecule has 2 N–H and O–H groups in total. The Hall–Kier alpha value is -5.17. The summed E-state index contributed by atoms with van der Waals surface area (Å²) in [7, 11) is 3.15. The van der Waals surface area contributed by atoms with Crippen LogP contribution in [0.1, 0.15) is 70.9 Å². The molecule has 64 heavy (non-hydrogen) atoms. The Kier molecular flexibility index (Phi) is 16.4. The van der Waals surface area contributed by atoms with E-state index in [2.05, 4.69) is 53.2 Å². The second-order valence-electron chi connectivity index (χ2n) is 16.6. The molecule has 3 heterocycles. The van der Waals surface area contributed by atoms with Crippen molar-refractivity contribution in [3.05, 3.63) is 108 Å². The first-order chi connectivity index (χ1) is 30.8. The first kappa shape index (κ1) is 48.3. The van der Waals surface area contributed by atoms with Gasteiger partial charge in [-0.25, -0.2) is 15.0 Å². The lowest BCUT2D eigenvalue weighted by atomic mass is 9.80. The summed E-state index contributed by atoms with van der Waals surface area (Å²) in [6, 6.07) is 25.6. The fourth-order valence-electron chi connectivity index (χ4n) is 8.13. The molecule has 0 spiro atoms. The van der Waals surface area contributed by atoms with Crippen molar-refractivity contribution in [3.8, 4) is 23.8 Å². The number of esters is 1. The number of hydrogen-bond donors (Lipinski definition) is 1. The first-order valence-electron chi connectivity index (χ1n) is 21.3. The van der Waals surface area contributed by atoms with Crippen LogP contribution in [-0.2, 0) is 38.6 Å². The van der Waals surface area contributed by atoms with Crippen LogP contribution in [0.15, 0.2) is 91.5 Å². The van der Waals surface area contributed by atoms with Gasteiger partial charge in [0.25, 0.3) is 0 Å². The van der Waals surface area contributed by atoms with Gasteiger partial charge in [0.2, 0.25) is 0 Å². The van der Waals surface area contributed by atoms with Crippen molar-refractivity contribution in [2.45, 2.75) is 95.8 Å². The van der Waals surface area contributed by atoms with Crippen LogP contribution in [0.25, 0.3) is 11.2 Å². The number of ether oxygens (including phenoxy) is 7. The van der Waals surface area contributed by atoms with E-state index < -0.39 is 50.0 Å². The van der Waals surface area contributed by atoms with Crippen LogP contribution in [0.5, 0.6) is 11.5 Å². The average Bonchev–Trinajstić information content (AvgIpc) is 3.86. The molecule has 5 aromatic rings. The molecular formula is C48H61N6O9P. The molecule has 0 saturated carbocycles. The van der Waals surface area contributed by atoms with Crippen molar-refractivity contribution in [1.29, 1.82) is 0 Å². The van der Waals surface area contributed by atoms with Gasteiger partial charge in [0.15, 0.2) is 17.7 Å². The van der Waals surface area contributed by atoms with Crippen molar-refractivity contribution in [2.24, 2.45) is 0 Å². The maximum Gasteiger partial charge on any atom is 0.314 e. The zero-order chi connectivity index (χ0) is 46.0. The number of nitrogen functional groups attached to an aromatic ring is 1. The van der Waals surface area contributed by atoms with E-state index in [1.54, 1.807) is 46.1 Å². The number of nitrogens with zero attached hydrogens (tertiary/aromatic N) is 5. The highest BCUT2D eigenvalue weighted by atomic mass is 31.2. The summed E-state index contributed by atoms with van der Waals surface area (Å²) in [5.74, 6) is 3.79. The Morgan fingerprint density at radius 1 is 0.875 bits per heavy atom. The molecule has 1 aliphatic rings. The molecular weight excluding hydrogens is 836 g/mol. The average molecular weight is 897 g/mol. The van der Waals surface area contributed by atoms with Gasteiger partial charge in [0.05, 0.1) is 40.4 Å². The van der Waals surface area contributed by atoms with Crippen molar-refractivity contribution in [3.63, 3.8) is 0 Å². The van der Waals surface area contributed by atoms with Gasteiger partial charge in [-0.05, 0) is 82.5 Å². The largest absolute Gasteiger partial charge is 0.497 e. The lowest BCUT2D eigenvalue weighted by molar-refractivity contribution is -0.152. The molecule has 0 aliphatic carbocycles. The quantitative estimate of drug-likeness (QED) is 0.0239. The maximum absolute atomic E-state index is 13.9. The number of carbonyl (C=O) groups excluding carboxylic acids is 1. The minimum Gasteiger partial charge on any atom is -0.497 e. The van der Waals surface area contributed by atoms with Gasteiger partial charge in [-0.15, -0.1) is 12.3 Å². The highest BCUT2D eigenvalue weighted by Gasteiger charge is 2.51. The molecule has 5 atom stereocenters. The third-order valence-electron chi connectivity index (χ3n) is 10.9. The van der Waals surface area contributed by atoms with Gasteiger partial charge in [0.1, 0.15) is 67.3 Å². The van der Waals surface area contributed by atoms with Gasteiger partial charge in [-0.1, -0.05) is 54.6 Å². The van der Waals surface area contributed by atoms with Gasteiger partial charge < -0.3 is 43.4 Å². The van der Waals surface area contributed by atoms with E-state index in [-0.39, 0.29) is 43.7 Å². The number of fused-ring (bicyclic) bond motifs is 1. The van der Waals surface area contributed by atoms with Crippen molar-refractivity contribution < 1.29 is 42.5 Å². The Bertz CT molecular complexity index is 2250. The van der Waals surface area contributed by atoms with Crippen LogP contribution in [0.4, 0.5) is 5.82 Å². The molecule has 2 unspecified atom stereocenters. The number of methoxy groups -OCH3 is 3. The number of terminal acetylenes is 1. The molecule has 2 aromatic heterocycles. The van der Waals surface area contributed by atoms with Crippen LogP contribution < -0.4 is 15.2 Å². The van der Waals surface area contributed by atoms with Crippen molar-refractivity contribution in [2.75, 3.05) is 53.0 Å². The molecule has 1 fully saturated rings. The number of anilines is 1. The molecule has 15 nitrogen and oxygen atoms in total. The smallest absolute Gasteiger partial charge is 0.314 e. The van der Waals surface area contributed by atoms with Crippen LogP contribution in [-0.4, -0.2) is 113 Å². The number of aromatic nitrogens is 4. The summed E-state index contributed by atoms with van der Waals surface area (Å²) in [5, 5.41) is 0. The number of benzene rings is 3. The summed E-state index contributed by atoms with van der Waals surface area (Å²) >= 11 is 0. The van der Waals surface area contributed by atoms with Crippen LogP contribution in [0, 0.1) is 12.3 Å². The maximum atomic E-state index is 13.9. The Morgan fingerprint density at radius 2 is 1.48 bits per heavy atom. The molecule has 342 valence electrons. The second-order valence-corrected chi connectivity index (χ2v) is 18.2. The molecule has 0 amide bonds. The summed E-state index contributed by atoms with van der Waals surface area (Å²) < 4.78 is 55.3. The monoisotopic (exact) mass is 896 g/mol. The summed E-state index contributed by atoms with van der Waals surface area (Å²) in [5.41, 5.74) is 7.60. The lowest BCUT2D eigenvalue weighted by Gasteiger charge is -2.40. The summed E-state index contributed by atoms with van der Waals surface area (Å²) in [6.45, 7) is 12.4. The van der Waals surface area contributed by atoms with Crippen LogP contribution >= 0.6 is 8.30 Å². The van der Waals surface area contributed by atoms with E-state index in [0.29, 0.717) is 29.3 Å². The molecule has 0 radical (unpaired) electrons. The summed E-state index contributed by atoms with van der Waals surface area (Å²) in [6.07, 6.45) is 5.54. The number of rotatable bonds is 22. The molecule has 6 rings (SSSR count). The topological polar surface area (TPSA) is 164 Å². The molecule has 0 bridgehead atoms. The zero-order valence-electron chi connectivity index (χ0n) is 38.2. The van der Waals surface area contributed by atoms with E-state index >= 15 is 0 Å². The van der Waals surface area contributed by atoms with Crippen LogP contribution in [0.3, 0.4) is 0 Å². The third-order valence-corrected chi connectivity index (χ3v) is 13.4. The van der Waals surface area contributed by atoms with E-state index in [9.17, 15) is 4.79 Å². The minimum atomic E-state index is -1.72. The standard InChI is InChI=1S/C48H61N6O9P/c1-11-25-47(6,7)62-40(55)29-64(54(32(2)3)33(4)5)63-42-39(61-46(43(42)59-27-26-56-8)53-31-52-41-44(49)50-30-51-45(41)53)28-60-48(34-15-13-12-14-16-34,35-17-21-37(57-9)22-18-35)36-19-23-38(58-10)24-20-36/h1,12-24,30-33,39,42-43,46H,25-29H2,2-10H3,(H2,49,50,51)/t39-,42+,43?,46-,64?/m1/s1. The Labute approximate surface area is 377 Å². The van der Waals surface area contributed by atoms with E-state index in [0.717, 1.165) is 16.7 Å². The lowest BCUT2D eigenvalue weighted by Crippen LogP contribution is -2.43. The summed E-state index contributed by atoms with van der Waals surface area (Å²) in [4.78, 5) is 27.3. The molecule has 3 aromatic carbocycles. The van der Waals surface area contributed by atoms with Crippen LogP contribution in [0.2, 0.25) is 0 Å². The van der Waals surface area contributed by atoms with Gasteiger partial charge in [0, 0.05) is 25.6 Å². The predicted molar refractivity (Wildman–Crippen MR) is 246 cm³/mol. The number of nitrogens with two attached hydrogens (primary N) is 1. The number of imidazole rings is 1. The third kappa shape index (κ3) is 10.8. The minimum absolute atomic E-state index is 0.0197. The highest BCUT2D eigenvalue weighted by molar-refractivity contribution is 7.51. The molecule has 16 heteroatoms. The highest BCUT2D eigenvalue weighted by Crippen LogP contribution is 2.51. The first-order valence-corrected chi connectivity index (χ1v) is 22.7. The van der Waals surface area contributed by atoms with E-state index in [1.807, 2.05) is 78.9 Å². The van der Waals surface area contributed by atoms with Crippen molar-refractivity contribution >= 4 is 31.3 Å². The Balaban J connectivity index is 1.51. The SMILES string of the molecule is C#CCC(C)(C)OC(=O)CP(O[C@@H]1C(OCCOC)[C@H](n2cnc3c(N)ncnc32)O[C@@H]1COC(c1ccccc1)(c1ccc(OC)cc1)c1ccc(OC)cc1)N(C(C)C)C(C)C. The predicted octanol–water partition coefficient (Wildman–Crippen LogP) is 7.52. The fourth-order valence-corrected chi connectivity index (χ4v) is 10.3. The van der Waals surface area contributed by atoms with Gasteiger partial charge in [-0.3, -0.25) is 14.0 Å². The van der Waals surface area contributed by atoms with Gasteiger partial charge >= 0.3 is 5.97 Å². The molecule has 1 saturated heterocycles. The zero-order valence-corrected chi connectivity index (χ0v) is 39.1. The normalized spacial score (nSPS) is 18.4. The Morgan fingerprint density at radius 3 is 2.05 bits per heavy atom.